The number of methoxy groups -OCH3 is 1. The number of ether oxygens (including phenoxy) is 1. The van der Waals surface area contributed by atoms with Gasteiger partial charge >= 0.3 is 0 Å². The van der Waals surface area contributed by atoms with Crippen molar-refractivity contribution in [2.45, 2.75) is 65.5 Å². The lowest BCUT2D eigenvalue weighted by molar-refractivity contribution is 0.157. The van der Waals surface area contributed by atoms with Gasteiger partial charge in [-0.15, -0.1) is 0 Å². The molecule has 0 bridgehead atoms. The van der Waals surface area contributed by atoms with E-state index in [2.05, 4.69) is 45.1 Å². The number of hydrogen-bond acceptors (Lipinski definition) is 2. The minimum absolute atomic E-state index is 0.409. The first kappa shape index (κ1) is 16.4. The lowest BCUT2D eigenvalue weighted by atomic mass is 9.71. The van der Waals surface area contributed by atoms with Gasteiger partial charge in [0.15, 0.2) is 0 Å². The first-order valence-corrected chi connectivity index (χ1v) is 8.30. The molecule has 1 saturated carbocycles. The van der Waals surface area contributed by atoms with E-state index in [1.54, 1.807) is 7.11 Å². The second-order valence-corrected chi connectivity index (χ2v) is 7.58. The predicted octanol–water partition coefficient (Wildman–Crippen LogP) is 4.95. The Hall–Kier alpha value is -1.02. The number of nitrogens with one attached hydrogen (secondary N) is 1. The molecule has 2 nitrogen and oxygen atoms in total. The van der Waals surface area contributed by atoms with E-state index in [0.29, 0.717) is 17.5 Å². The molecule has 1 aliphatic carbocycles. The average Bonchev–Trinajstić information content (AvgIpc) is 2.47. The van der Waals surface area contributed by atoms with Gasteiger partial charge in [-0.05, 0) is 61.6 Å². The fraction of sp³-hybridized carbons (Fsp3) is 0.684. The van der Waals surface area contributed by atoms with Crippen LogP contribution in [0.5, 0.6) is 5.75 Å². The van der Waals surface area contributed by atoms with Crippen molar-refractivity contribution in [3.05, 3.63) is 29.8 Å². The first-order valence-electron chi connectivity index (χ1n) is 8.30. The first-order chi connectivity index (χ1) is 9.90. The Bertz CT molecular complexity index is 424. The van der Waals surface area contributed by atoms with Gasteiger partial charge in [-0.25, -0.2) is 0 Å². The van der Waals surface area contributed by atoms with Gasteiger partial charge in [-0.3, -0.25) is 0 Å². The number of hydrogen-bond donors (Lipinski definition) is 1. The molecule has 0 aromatic heterocycles. The maximum absolute atomic E-state index is 5.22. The highest BCUT2D eigenvalue weighted by molar-refractivity contribution is 5.28. The van der Waals surface area contributed by atoms with Crippen molar-refractivity contribution in [3.63, 3.8) is 0 Å². The molecular weight excluding hydrogens is 258 g/mol. The third-order valence-corrected chi connectivity index (χ3v) is 5.05. The van der Waals surface area contributed by atoms with Gasteiger partial charge in [0.2, 0.25) is 0 Å². The summed E-state index contributed by atoms with van der Waals surface area (Å²) >= 11 is 0. The normalized spacial score (nSPS) is 24.6. The van der Waals surface area contributed by atoms with Gasteiger partial charge in [-0.2, -0.15) is 0 Å². The minimum atomic E-state index is 0.409. The number of benzene rings is 1. The molecule has 21 heavy (non-hydrogen) atoms. The standard InChI is InChI=1S/C19H31NO/c1-14(15-6-12-18(21-5)13-7-15)20-17-10-8-16(9-11-17)19(2,3)4/h6-7,12-14,16-17,20H,8-11H2,1-5H3/t14-,16?,17?/m0/s1. The van der Waals surface area contributed by atoms with Crippen LogP contribution in [0.3, 0.4) is 0 Å². The van der Waals surface area contributed by atoms with Gasteiger partial charge in [-0.1, -0.05) is 32.9 Å². The number of rotatable bonds is 4. The van der Waals surface area contributed by atoms with Gasteiger partial charge in [0.25, 0.3) is 0 Å². The molecule has 1 fully saturated rings. The SMILES string of the molecule is COc1ccc([C@H](C)NC2CCC(C(C)(C)C)CC2)cc1. The van der Waals surface area contributed by atoms with Crippen LogP contribution in [0.4, 0.5) is 0 Å². The molecule has 1 aromatic carbocycles. The van der Waals surface area contributed by atoms with Crippen LogP contribution in [0.15, 0.2) is 24.3 Å². The van der Waals surface area contributed by atoms with E-state index < -0.39 is 0 Å². The van der Waals surface area contributed by atoms with Crippen LogP contribution in [0, 0.1) is 11.3 Å². The Balaban J connectivity index is 1.85. The van der Waals surface area contributed by atoms with E-state index in [1.807, 2.05) is 12.1 Å². The third kappa shape index (κ3) is 4.47. The Morgan fingerprint density at radius 3 is 2.10 bits per heavy atom. The van der Waals surface area contributed by atoms with Gasteiger partial charge in [0.05, 0.1) is 7.11 Å². The van der Waals surface area contributed by atoms with Crippen LogP contribution in [-0.4, -0.2) is 13.2 Å². The monoisotopic (exact) mass is 289 g/mol. The minimum Gasteiger partial charge on any atom is -0.497 e. The molecule has 0 aliphatic heterocycles. The summed E-state index contributed by atoms with van der Waals surface area (Å²) in [6.07, 6.45) is 5.33. The van der Waals surface area contributed by atoms with Crippen molar-refractivity contribution >= 4 is 0 Å². The van der Waals surface area contributed by atoms with Crippen LogP contribution in [0.25, 0.3) is 0 Å². The van der Waals surface area contributed by atoms with Crippen LogP contribution in [0.2, 0.25) is 0 Å². The van der Waals surface area contributed by atoms with E-state index in [-0.39, 0.29) is 0 Å². The fourth-order valence-electron chi connectivity index (χ4n) is 3.47. The molecule has 0 spiro atoms. The van der Waals surface area contributed by atoms with Crippen LogP contribution < -0.4 is 10.1 Å². The van der Waals surface area contributed by atoms with Crippen LogP contribution in [-0.2, 0) is 0 Å². The highest BCUT2D eigenvalue weighted by Crippen LogP contribution is 2.38. The van der Waals surface area contributed by atoms with Gasteiger partial charge in [0.1, 0.15) is 5.75 Å². The molecule has 1 atom stereocenters. The Morgan fingerprint density at radius 2 is 1.62 bits per heavy atom. The summed E-state index contributed by atoms with van der Waals surface area (Å²) < 4.78 is 5.22. The highest BCUT2D eigenvalue weighted by Gasteiger charge is 2.30. The predicted molar refractivity (Wildman–Crippen MR) is 89.7 cm³/mol. The highest BCUT2D eigenvalue weighted by atomic mass is 16.5. The molecule has 1 aromatic rings. The van der Waals surface area contributed by atoms with Crippen molar-refractivity contribution < 1.29 is 4.74 Å². The molecule has 2 heteroatoms. The summed E-state index contributed by atoms with van der Waals surface area (Å²) in [6, 6.07) is 9.50. The lowest BCUT2D eigenvalue weighted by Gasteiger charge is -2.38. The molecule has 1 N–H and O–H groups in total. The smallest absolute Gasteiger partial charge is 0.118 e. The van der Waals surface area contributed by atoms with E-state index in [1.165, 1.54) is 31.2 Å². The molecule has 0 radical (unpaired) electrons. The Labute approximate surface area is 130 Å². The van der Waals surface area contributed by atoms with Gasteiger partial charge < -0.3 is 10.1 Å². The van der Waals surface area contributed by atoms with E-state index in [4.69, 9.17) is 4.74 Å². The second-order valence-electron chi connectivity index (χ2n) is 7.58. The molecular formula is C19H31NO. The van der Waals surface area contributed by atoms with Crippen molar-refractivity contribution in [2.75, 3.05) is 7.11 Å². The topological polar surface area (TPSA) is 21.3 Å². The van der Waals surface area contributed by atoms with E-state index >= 15 is 0 Å². The Kier molecular flexibility index (Phi) is 5.32. The molecule has 0 saturated heterocycles. The van der Waals surface area contributed by atoms with E-state index in [9.17, 15) is 0 Å². The molecule has 0 heterocycles. The fourth-order valence-corrected chi connectivity index (χ4v) is 3.47. The van der Waals surface area contributed by atoms with Gasteiger partial charge in [0, 0.05) is 12.1 Å². The summed E-state index contributed by atoms with van der Waals surface area (Å²) in [5.74, 6) is 1.81. The molecule has 0 unspecified atom stereocenters. The third-order valence-electron chi connectivity index (χ3n) is 5.05. The van der Waals surface area contributed by atoms with Crippen molar-refractivity contribution in [3.8, 4) is 5.75 Å². The van der Waals surface area contributed by atoms with Crippen molar-refractivity contribution in [1.82, 2.24) is 5.32 Å². The van der Waals surface area contributed by atoms with Crippen LogP contribution in [0.1, 0.15) is 65.0 Å². The maximum atomic E-state index is 5.22. The lowest BCUT2D eigenvalue weighted by Crippen LogP contribution is -2.37. The average molecular weight is 289 g/mol. The summed E-state index contributed by atoms with van der Waals surface area (Å²) in [7, 11) is 1.71. The van der Waals surface area contributed by atoms with Crippen molar-refractivity contribution in [1.29, 1.82) is 0 Å². The maximum Gasteiger partial charge on any atom is 0.118 e. The molecule has 1 aliphatic rings. The summed E-state index contributed by atoms with van der Waals surface area (Å²) in [5, 5.41) is 3.80. The van der Waals surface area contributed by atoms with E-state index in [0.717, 1.165) is 11.7 Å². The second kappa shape index (κ2) is 6.83. The summed E-state index contributed by atoms with van der Waals surface area (Å²) in [5.41, 5.74) is 1.81. The summed E-state index contributed by atoms with van der Waals surface area (Å²) in [4.78, 5) is 0. The summed E-state index contributed by atoms with van der Waals surface area (Å²) in [6.45, 7) is 9.40. The molecule has 2 rings (SSSR count). The largest absolute Gasteiger partial charge is 0.497 e. The molecule has 118 valence electrons. The quantitative estimate of drug-likeness (QED) is 0.846. The Morgan fingerprint density at radius 1 is 1.05 bits per heavy atom. The zero-order valence-corrected chi connectivity index (χ0v) is 14.3. The van der Waals surface area contributed by atoms with Crippen molar-refractivity contribution in [2.24, 2.45) is 11.3 Å². The zero-order valence-electron chi connectivity index (χ0n) is 14.3. The molecule has 0 amide bonds. The zero-order chi connectivity index (χ0) is 15.5. The van der Waals surface area contributed by atoms with Crippen LogP contribution >= 0.6 is 0 Å².